The van der Waals surface area contributed by atoms with Gasteiger partial charge < -0.3 is 5.32 Å². The van der Waals surface area contributed by atoms with Gasteiger partial charge in [-0.15, -0.1) is 0 Å². The van der Waals surface area contributed by atoms with Crippen molar-refractivity contribution in [1.82, 2.24) is 5.43 Å². The first kappa shape index (κ1) is 15.9. The van der Waals surface area contributed by atoms with Gasteiger partial charge in [0.15, 0.2) is 0 Å². The third kappa shape index (κ3) is 4.07. The number of amides is 2. The van der Waals surface area contributed by atoms with Gasteiger partial charge in [0.05, 0.1) is 0 Å². The molecule has 0 radical (unpaired) electrons. The summed E-state index contributed by atoms with van der Waals surface area (Å²) >= 11 is 0. The first-order chi connectivity index (χ1) is 11.6. The molecule has 2 amide bonds. The molecule has 0 saturated heterocycles. The Morgan fingerprint density at radius 2 is 1.54 bits per heavy atom. The third-order valence-corrected chi connectivity index (χ3v) is 3.94. The smallest absolute Gasteiger partial charge is 0.271 e. The molecule has 2 aromatic carbocycles. The van der Waals surface area contributed by atoms with Crippen molar-refractivity contribution < 1.29 is 9.59 Å². The number of hydrogen-bond donors (Lipinski definition) is 2. The highest BCUT2D eigenvalue weighted by Crippen LogP contribution is 2.30. The lowest BCUT2D eigenvalue weighted by Gasteiger charge is -2.06. The number of nitrogens with zero attached hydrogens (tertiary/aromatic N) is 1. The second-order valence-corrected chi connectivity index (χ2v) is 5.87. The van der Waals surface area contributed by atoms with Crippen LogP contribution in [-0.2, 0) is 0 Å². The fourth-order valence-electron chi connectivity index (χ4n) is 2.29. The van der Waals surface area contributed by atoms with Gasteiger partial charge >= 0.3 is 0 Å². The SMILES string of the molecule is C/C(=N\NC(=O)c1ccc(NC(=O)c2ccccc2)cc1)C1CC1. The molecule has 5 nitrogen and oxygen atoms in total. The Morgan fingerprint density at radius 3 is 2.17 bits per heavy atom. The summed E-state index contributed by atoms with van der Waals surface area (Å²) in [5.41, 5.74) is 5.26. The molecule has 0 unspecified atom stereocenters. The summed E-state index contributed by atoms with van der Waals surface area (Å²) in [5, 5.41) is 6.92. The van der Waals surface area contributed by atoms with Crippen LogP contribution in [-0.4, -0.2) is 17.5 Å². The highest BCUT2D eigenvalue weighted by atomic mass is 16.2. The topological polar surface area (TPSA) is 70.6 Å². The Labute approximate surface area is 140 Å². The number of rotatable bonds is 5. The lowest BCUT2D eigenvalue weighted by Crippen LogP contribution is -2.19. The van der Waals surface area contributed by atoms with E-state index in [1.165, 1.54) is 0 Å². The van der Waals surface area contributed by atoms with Crippen LogP contribution in [0.2, 0.25) is 0 Å². The molecule has 0 aromatic heterocycles. The number of benzene rings is 2. The van der Waals surface area contributed by atoms with Crippen LogP contribution in [0.25, 0.3) is 0 Å². The second kappa shape index (κ2) is 7.08. The van der Waals surface area contributed by atoms with Crippen LogP contribution in [0.5, 0.6) is 0 Å². The predicted octanol–water partition coefficient (Wildman–Crippen LogP) is 3.45. The molecule has 1 fully saturated rings. The molecule has 5 heteroatoms. The molecule has 0 bridgehead atoms. The Kier molecular flexibility index (Phi) is 4.70. The van der Waals surface area contributed by atoms with Crippen molar-refractivity contribution in [2.75, 3.05) is 5.32 Å². The first-order valence-electron chi connectivity index (χ1n) is 7.94. The summed E-state index contributed by atoms with van der Waals surface area (Å²) < 4.78 is 0. The van der Waals surface area contributed by atoms with Gasteiger partial charge in [0.1, 0.15) is 0 Å². The van der Waals surface area contributed by atoms with Gasteiger partial charge in [0.25, 0.3) is 11.8 Å². The number of carbonyl (C=O) groups excluding carboxylic acids is 2. The molecule has 2 N–H and O–H groups in total. The Bertz CT molecular complexity index is 763. The minimum absolute atomic E-state index is 0.183. The van der Waals surface area contributed by atoms with Crippen molar-refractivity contribution in [3.8, 4) is 0 Å². The van der Waals surface area contributed by atoms with E-state index in [0.29, 0.717) is 22.7 Å². The molecular weight excluding hydrogens is 302 g/mol. The van der Waals surface area contributed by atoms with Crippen LogP contribution in [0.4, 0.5) is 5.69 Å². The van der Waals surface area contributed by atoms with Crippen molar-refractivity contribution in [3.05, 3.63) is 65.7 Å². The van der Waals surface area contributed by atoms with E-state index in [0.717, 1.165) is 18.6 Å². The lowest BCUT2D eigenvalue weighted by atomic mass is 10.1. The van der Waals surface area contributed by atoms with Crippen LogP contribution in [0.1, 0.15) is 40.5 Å². The highest BCUT2D eigenvalue weighted by molar-refractivity contribution is 6.04. The molecular formula is C19H19N3O2. The van der Waals surface area contributed by atoms with E-state index in [9.17, 15) is 9.59 Å². The quantitative estimate of drug-likeness (QED) is 0.654. The average molecular weight is 321 g/mol. The van der Waals surface area contributed by atoms with Crippen LogP contribution in [0.15, 0.2) is 59.7 Å². The minimum Gasteiger partial charge on any atom is -0.322 e. The summed E-state index contributed by atoms with van der Waals surface area (Å²) in [6.45, 7) is 1.93. The molecule has 1 aliphatic rings. The monoisotopic (exact) mass is 321 g/mol. The van der Waals surface area contributed by atoms with Gasteiger partial charge in [0.2, 0.25) is 0 Å². The summed E-state index contributed by atoms with van der Waals surface area (Å²) in [5.74, 6) is 0.0919. The van der Waals surface area contributed by atoms with Gasteiger partial charge in [-0.05, 0) is 62.1 Å². The molecule has 0 aliphatic heterocycles. The molecule has 1 saturated carbocycles. The lowest BCUT2D eigenvalue weighted by molar-refractivity contribution is 0.0954. The molecule has 0 atom stereocenters. The third-order valence-electron chi connectivity index (χ3n) is 3.94. The van der Waals surface area contributed by atoms with Crippen molar-refractivity contribution >= 4 is 23.2 Å². The molecule has 24 heavy (non-hydrogen) atoms. The largest absolute Gasteiger partial charge is 0.322 e. The van der Waals surface area contributed by atoms with Crippen molar-refractivity contribution in [3.63, 3.8) is 0 Å². The van der Waals surface area contributed by atoms with Gasteiger partial charge in [-0.3, -0.25) is 9.59 Å². The first-order valence-corrected chi connectivity index (χ1v) is 7.94. The van der Waals surface area contributed by atoms with E-state index in [-0.39, 0.29) is 11.8 Å². The zero-order chi connectivity index (χ0) is 16.9. The molecule has 122 valence electrons. The molecule has 1 aliphatic carbocycles. The van der Waals surface area contributed by atoms with E-state index >= 15 is 0 Å². The molecule has 0 spiro atoms. The number of hydrazone groups is 1. The number of nitrogens with one attached hydrogen (secondary N) is 2. The molecule has 3 rings (SSSR count). The van der Waals surface area contributed by atoms with E-state index < -0.39 is 0 Å². The minimum atomic E-state index is -0.254. The normalized spacial score (nSPS) is 14.1. The fourth-order valence-corrected chi connectivity index (χ4v) is 2.29. The van der Waals surface area contributed by atoms with Crippen molar-refractivity contribution in [2.45, 2.75) is 19.8 Å². The average Bonchev–Trinajstić information content (AvgIpc) is 3.46. The fraction of sp³-hybridized carbons (Fsp3) is 0.211. The zero-order valence-electron chi connectivity index (χ0n) is 13.5. The van der Waals surface area contributed by atoms with Crippen LogP contribution in [0, 0.1) is 5.92 Å². The second-order valence-electron chi connectivity index (χ2n) is 5.87. The summed E-state index contributed by atoms with van der Waals surface area (Å²) in [4.78, 5) is 24.1. The predicted molar refractivity (Wildman–Crippen MR) is 94.1 cm³/mol. The van der Waals surface area contributed by atoms with E-state index in [4.69, 9.17) is 0 Å². The van der Waals surface area contributed by atoms with Crippen molar-refractivity contribution in [2.24, 2.45) is 11.0 Å². The number of anilines is 1. The maximum absolute atomic E-state index is 12.1. The number of carbonyl (C=O) groups is 2. The highest BCUT2D eigenvalue weighted by Gasteiger charge is 2.24. The van der Waals surface area contributed by atoms with Crippen molar-refractivity contribution in [1.29, 1.82) is 0 Å². The van der Waals surface area contributed by atoms with E-state index in [1.807, 2.05) is 25.1 Å². The standard InChI is InChI=1S/C19H19N3O2/c1-13(14-7-8-14)21-22-19(24)16-9-11-17(12-10-16)20-18(23)15-5-3-2-4-6-15/h2-6,9-12,14H,7-8H2,1H3,(H,20,23)(H,22,24)/b21-13+. The van der Waals surface area contributed by atoms with Crippen LogP contribution >= 0.6 is 0 Å². The summed E-state index contributed by atoms with van der Waals surface area (Å²) in [7, 11) is 0. The summed E-state index contributed by atoms with van der Waals surface area (Å²) in [6, 6.07) is 15.7. The van der Waals surface area contributed by atoms with Gasteiger partial charge in [0, 0.05) is 22.5 Å². The zero-order valence-corrected chi connectivity index (χ0v) is 13.5. The van der Waals surface area contributed by atoms with Gasteiger partial charge in [-0.1, -0.05) is 18.2 Å². The van der Waals surface area contributed by atoms with Crippen LogP contribution < -0.4 is 10.7 Å². The van der Waals surface area contributed by atoms with Crippen LogP contribution in [0.3, 0.4) is 0 Å². The molecule has 2 aromatic rings. The maximum Gasteiger partial charge on any atom is 0.271 e. The maximum atomic E-state index is 12.1. The Morgan fingerprint density at radius 1 is 0.917 bits per heavy atom. The number of hydrogen-bond acceptors (Lipinski definition) is 3. The Hall–Kier alpha value is -2.95. The van der Waals surface area contributed by atoms with Gasteiger partial charge in [-0.25, -0.2) is 5.43 Å². The summed E-state index contributed by atoms with van der Waals surface area (Å²) in [6.07, 6.45) is 2.31. The van der Waals surface area contributed by atoms with Gasteiger partial charge in [-0.2, -0.15) is 5.10 Å². The van der Waals surface area contributed by atoms with E-state index in [2.05, 4.69) is 15.8 Å². The molecule has 0 heterocycles. The van der Waals surface area contributed by atoms with E-state index in [1.54, 1.807) is 36.4 Å². The Balaban J connectivity index is 1.59.